The first-order valence-electron chi connectivity index (χ1n) is 15.6. The summed E-state index contributed by atoms with van der Waals surface area (Å²) in [5.41, 5.74) is 2.21. The maximum atomic E-state index is 14.4. The Morgan fingerprint density at radius 3 is 2.42 bits per heavy atom. The lowest BCUT2D eigenvalue weighted by Crippen LogP contribution is -2.23. The van der Waals surface area contributed by atoms with Gasteiger partial charge in [0.1, 0.15) is 23.3 Å². The molecule has 3 fully saturated rings. The van der Waals surface area contributed by atoms with E-state index in [0.717, 1.165) is 62.3 Å². The first-order valence-corrected chi connectivity index (χ1v) is 16.4. The molecule has 1 aliphatic heterocycles. The molecule has 2 aliphatic carbocycles. The summed E-state index contributed by atoms with van der Waals surface area (Å²) in [5.74, 6) is 1.43. The van der Waals surface area contributed by atoms with E-state index < -0.39 is 12.2 Å². The second kappa shape index (κ2) is 14.9. The number of carbonyl (C=O) groups is 1. The van der Waals surface area contributed by atoms with Gasteiger partial charge in [0.25, 0.3) is 6.43 Å². The highest BCUT2D eigenvalue weighted by Crippen LogP contribution is 2.47. The molecule has 3 aliphatic rings. The number of nitrogens with zero attached hydrogens (tertiary/aromatic N) is 3. The molecule has 11 heteroatoms. The Bertz CT molecular complexity index is 1570. The van der Waals surface area contributed by atoms with Gasteiger partial charge in [-0.1, -0.05) is 67.4 Å². The summed E-state index contributed by atoms with van der Waals surface area (Å²) in [6.45, 7) is 6.28. The van der Waals surface area contributed by atoms with Gasteiger partial charge in [0.2, 0.25) is 0 Å². The second-order valence-electron chi connectivity index (χ2n) is 11.8. The van der Waals surface area contributed by atoms with Gasteiger partial charge in [-0.3, -0.25) is 4.79 Å². The summed E-state index contributed by atoms with van der Waals surface area (Å²) in [7, 11) is 1.00. The van der Waals surface area contributed by atoms with Gasteiger partial charge in [0.05, 0.1) is 17.4 Å². The number of aromatic nitrogens is 2. The first kappa shape index (κ1) is 33.1. The van der Waals surface area contributed by atoms with E-state index in [0.29, 0.717) is 45.2 Å². The lowest BCUT2D eigenvalue weighted by molar-refractivity contribution is 0.0402. The van der Waals surface area contributed by atoms with Crippen LogP contribution in [0.5, 0.6) is 0 Å². The number of alkyl halides is 2. The van der Waals surface area contributed by atoms with Gasteiger partial charge in [-0.15, -0.1) is 0 Å². The van der Waals surface area contributed by atoms with Crippen LogP contribution in [0.4, 0.5) is 18.3 Å². The molecule has 1 unspecified atom stereocenters. The Balaban J connectivity index is 0.000000620. The van der Waals surface area contributed by atoms with Crippen LogP contribution in [0.3, 0.4) is 0 Å². The summed E-state index contributed by atoms with van der Waals surface area (Å²) in [4.78, 5) is 17.8. The van der Waals surface area contributed by atoms with Crippen molar-refractivity contribution in [1.82, 2.24) is 10.1 Å². The molecule has 0 bridgehead atoms. The first-order chi connectivity index (χ1) is 21.9. The molecule has 1 saturated heterocycles. The van der Waals surface area contributed by atoms with E-state index in [-0.39, 0.29) is 24.2 Å². The standard InChI is InChI=1S/C29H26F3N3O3S.C4H10.CH4O/c30-23-7-15(13-36)8-24-26(23)33-29(39-24)35-11-17-9-19(10-18(17)12-35)37-14-22-25(34-38-27(22)16-5-6-16)20-3-1-2-4-21(20)28(31)32;1-3-4-2;1-2/h1-4,7-8,13,16-19,28H,5-6,9-12,14H2;3-4H2,1-2H3;2H,1H3/t17-,18+,19?;;. The van der Waals surface area contributed by atoms with E-state index in [2.05, 4.69) is 28.9 Å². The van der Waals surface area contributed by atoms with Gasteiger partial charge in [-0.25, -0.2) is 18.2 Å². The van der Waals surface area contributed by atoms with E-state index in [1.54, 1.807) is 24.3 Å². The van der Waals surface area contributed by atoms with E-state index in [1.165, 1.54) is 36.3 Å². The van der Waals surface area contributed by atoms with Crippen molar-refractivity contribution in [2.75, 3.05) is 25.1 Å². The van der Waals surface area contributed by atoms with Crippen molar-refractivity contribution in [3.63, 3.8) is 0 Å². The number of aliphatic hydroxyl groups excluding tert-OH is 1. The third-order valence-corrected chi connectivity index (χ3v) is 9.82. The average Bonchev–Trinajstić information content (AvgIpc) is 3.35. The van der Waals surface area contributed by atoms with Gasteiger partial charge < -0.3 is 19.3 Å². The molecule has 3 atom stereocenters. The highest BCUT2D eigenvalue weighted by atomic mass is 32.1. The molecule has 2 aromatic carbocycles. The van der Waals surface area contributed by atoms with Crippen LogP contribution >= 0.6 is 11.3 Å². The molecule has 242 valence electrons. The maximum Gasteiger partial charge on any atom is 0.264 e. The molecule has 0 spiro atoms. The third-order valence-electron chi connectivity index (χ3n) is 8.75. The van der Waals surface area contributed by atoms with Crippen LogP contribution in [0.1, 0.15) is 92.0 Å². The maximum absolute atomic E-state index is 14.4. The van der Waals surface area contributed by atoms with Crippen LogP contribution < -0.4 is 4.90 Å². The van der Waals surface area contributed by atoms with Crippen molar-refractivity contribution in [1.29, 1.82) is 0 Å². The summed E-state index contributed by atoms with van der Waals surface area (Å²) in [6.07, 6.45) is 4.54. The zero-order valence-electron chi connectivity index (χ0n) is 25.8. The van der Waals surface area contributed by atoms with Crippen molar-refractivity contribution in [3.05, 3.63) is 64.7 Å². The predicted octanol–water partition coefficient (Wildman–Crippen LogP) is 8.56. The Morgan fingerprint density at radius 1 is 1.11 bits per heavy atom. The SMILES string of the molecule is CCCC.CO.O=Cc1cc(F)c2nc(N3C[C@H]4CC(OCc5c(-c6ccccc6C(F)F)noc5C5CC5)C[C@H]4C3)sc2c1. The highest BCUT2D eigenvalue weighted by molar-refractivity contribution is 7.22. The van der Waals surface area contributed by atoms with Crippen molar-refractivity contribution in [2.45, 2.75) is 77.4 Å². The van der Waals surface area contributed by atoms with Crippen molar-refractivity contribution < 1.29 is 32.3 Å². The zero-order valence-corrected chi connectivity index (χ0v) is 26.7. The highest BCUT2D eigenvalue weighted by Gasteiger charge is 2.43. The number of ether oxygens (including phenoxy) is 1. The van der Waals surface area contributed by atoms with E-state index >= 15 is 0 Å². The van der Waals surface area contributed by atoms with E-state index in [9.17, 15) is 18.0 Å². The molecule has 1 N–H and O–H groups in total. The van der Waals surface area contributed by atoms with E-state index in [4.69, 9.17) is 14.4 Å². The summed E-state index contributed by atoms with van der Waals surface area (Å²) in [6, 6.07) is 9.35. The van der Waals surface area contributed by atoms with Gasteiger partial charge in [0, 0.05) is 48.4 Å². The fraction of sp³-hybridized carbons (Fsp3) is 0.500. The quantitative estimate of drug-likeness (QED) is 0.183. The number of carbonyl (C=O) groups excluding carboxylic acids is 1. The molecule has 0 radical (unpaired) electrons. The molecule has 7 rings (SSSR count). The molecule has 45 heavy (non-hydrogen) atoms. The fourth-order valence-corrected chi connectivity index (χ4v) is 7.23. The number of fused-ring (bicyclic) bond motifs is 2. The number of thiazole rings is 1. The number of aliphatic hydroxyl groups is 1. The Hall–Kier alpha value is -3.28. The average molecular weight is 644 g/mol. The minimum atomic E-state index is -2.60. The summed E-state index contributed by atoms with van der Waals surface area (Å²) >= 11 is 1.41. The molecule has 0 amide bonds. The van der Waals surface area contributed by atoms with E-state index in [1.807, 2.05) is 0 Å². The van der Waals surface area contributed by atoms with Crippen LogP contribution in [-0.2, 0) is 11.3 Å². The minimum Gasteiger partial charge on any atom is -0.400 e. The molecular weight excluding hydrogens is 603 g/mol. The summed E-state index contributed by atoms with van der Waals surface area (Å²) in [5, 5.41) is 12.0. The Morgan fingerprint density at radius 2 is 1.80 bits per heavy atom. The van der Waals surface area contributed by atoms with Gasteiger partial charge in [-0.05, 0) is 49.7 Å². The number of hydrogen-bond acceptors (Lipinski definition) is 8. The third kappa shape index (κ3) is 7.26. The zero-order chi connectivity index (χ0) is 32.1. The number of unbranched alkanes of at least 4 members (excludes halogenated alkanes) is 1. The van der Waals surface area contributed by atoms with Crippen LogP contribution in [0, 0.1) is 17.7 Å². The monoisotopic (exact) mass is 643 g/mol. The van der Waals surface area contributed by atoms with Crippen molar-refractivity contribution in [3.8, 4) is 11.3 Å². The number of halogens is 3. The minimum absolute atomic E-state index is 0.0537. The molecule has 4 aromatic rings. The molecule has 2 aromatic heterocycles. The van der Waals surface area contributed by atoms with Crippen LogP contribution in [0.15, 0.2) is 40.9 Å². The van der Waals surface area contributed by atoms with Crippen LogP contribution in [-0.4, -0.2) is 47.8 Å². The number of aldehydes is 1. The van der Waals surface area contributed by atoms with Gasteiger partial charge in [-0.2, -0.15) is 0 Å². The lowest BCUT2D eigenvalue weighted by atomic mass is 10.00. The Labute approximate surface area is 265 Å². The topological polar surface area (TPSA) is 88.7 Å². The number of rotatable bonds is 9. The van der Waals surface area contributed by atoms with Crippen LogP contribution in [0.2, 0.25) is 0 Å². The smallest absolute Gasteiger partial charge is 0.264 e. The largest absolute Gasteiger partial charge is 0.400 e. The normalized spacial score (nSPS) is 20.5. The molecule has 7 nitrogen and oxygen atoms in total. The van der Waals surface area contributed by atoms with Gasteiger partial charge in [0.15, 0.2) is 10.9 Å². The second-order valence-corrected chi connectivity index (χ2v) is 12.8. The van der Waals surface area contributed by atoms with Crippen LogP contribution in [0.25, 0.3) is 21.5 Å². The lowest BCUT2D eigenvalue weighted by Gasteiger charge is -2.19. The summed E-state index contributed by atoms with van der Waals surface area (Å²) < 4.78 is 54.6. The Kier molecular flexibility index (Phi) is 10.9. The van der Waals surface area contributed by atoms with Gasteiger partial charge >= 0.3 is 0 Å². The number of benzene rings is 2. The fourth-order valence-electron chi connectivity index (χ4n) is 6.18. The molecular formula is C34H40F3N3O4S. The molecule has 2 saturated carbocycles. The van der Waals surface area contributed by atoms with Crippen molar-refractivity contribution >= 4 is 33.0 Å². The number of hydrogen-bond donors (Lipinski definition) is 1. The predicted molar refractivity (Wildman–Crippen MR) is 170 cm³/mol. The number of anilines is 1. The molecule has 3 heterocycles. The van der Waals surface area contributed by atoms with Crippen molar-refractivity contribution in [2.24, 2.45) is 11.8 Å².